The molecule has 0 aliphatic heterocycles. The van der Waals surface area contributed by atoms with Gasteiger partial charge in [-0.3, -0.25) is 4.72 Å². The molecular weight excluding hydrogens is 345 g/mol. The number of rotatable bonds is 3. The Balaban J connectivity index is 2.40. The van der Waals surface area contributed by atoms with Gasteiger partial charge in [-0.2, -0.15) is 0 Å². The Labute approximate surface area is 126 Å². The first-order valence-electron chi connectivity index (χ1n) is 5.85. The van der Waals surface area contributed by atoms with Gasteiger partial charge in [0.2, 0.25) is 0 Å². The zero-order valence-corrected chi connectivity index (χ0v) is 13.3. The molecule has 2 rings (SSSR count). The molecule has 0 radical (unpaired) electrons. The predicted octanol–water partition coefficient (Wildman–Crippen LogP) is 4.01. The fourth-order valence-corrected chi connectivity index (χ4v) is 3.42. The van der Waals surface area contributed by atoms with Crippen LogP contribution in [-0.2, 0) is 10.0 Å². The molecule has 2 aromatic carbocycles. The lowest BCUT2D eigenvalue weighted by Crippen LogP contribution is -2.14. The molecule has 0 amide bonds. The van der Waals surface area contributed by atoms with Gasteiger partial charge >= 0.3 is 0 Å². The molecule has 0 bridgehead atoms. The van der Waals surface area contributed by atoms with Crippen molar-refractivity contribution < 1.29 is 12.8 Å². The summed E-state index contributed by atoms with van der Waals surface area (Å²) in [5, 5.41) is 0. The van der Waals surface area contributed by atoms with Gasteiger partial charge in [-0.1, -0.05) is 28.1 Å². The number of benzene rings is 2. The molecule has 0 aromatic heterocycles. The van der Waals surface area contributed by atoms with Gasteiger partial charge in [0.15, 0.2) is 0 Å². The zero-order chi connectivity index (χ0) is 14.9. The first-order valence-corrected chi connectivity index (χ1v) is 8.12. The minimum absolute atomic E-state index is 0.0609. The maximum Gasteiger partial charge on any atom is 0.262 e. The summed E-state index contributed by atoms with van der Waals surface area (Å²) in [6.45, 7) is 3.53. The summed E-state index contributed by atoms with van der Waals surface area (Å²) in [5.74, 6) is -0.582. The fourth-order valence-electron chi connectivity index (χ4n) is 1.73. The minimum Gasteiger partial charge on any atom is -0.280 e. The molecule has 20 heavy (non-hydrogen) atoms. The maximum absolute atomic E-state index is 13.2. The number of aryl methyl sites for hydroxylation is 2. The highest BCUT2D eigenvalue weighted by molar-refractivity contribution is 9.10. The quantitative estimate of drug-likeness (QED) is 0.901. The molecule has 0 spiro atoms. The smallest absolute Gasteiger partial charge is 0.262 e. The van der Waals surface area contributed by atoms with Crippen molar-refractivity contribution in [3.05, 3.63) is 57.8 Å². The Morgan fingerprint density at radius 3 is 2.35 bits per heavy atom. The Bertz CT molecular complexity index is 760. The number of halogens is 2. The number of sulfonamides is 1. The van der Waals surface area contributed by atoms with Crippen molar-refractivity contribution in [1.29, 1.82) is 0 Å². The fraction of sp³-hybridized carbons (Fsp3) is 0.143. The van der Waals surface area contributed by atoms with Crippen LogP contribution in [0, 0.1) is 19.7 Å². The first kappa shape index (κ1) is 15.0. The molecule has 106 valence electrons. The molecule has 0 heterocycles. The summed E-state index contributed by atoms with van der Waals surface area (Å²) in [7, 11) is -3.81. The van der Waals surface area contributed by atoms with E-state index >= 15 is 0 Å². The van der Waals surface area contributed by atoms with E-state index in [0.29, 0.717) is 11.3 Å². The van der Waals surface area contributed by atoms with Gasteiger partial charge in [0.25, 0.3) is 10.0 Å². The van der Waals surface area contributed by atoms with Gasteiger partial charge in [0.1, 0.15) is 5.82 Å². The normalized spacial score (nSPS) is 11.4. The van der Waals surface area contributed by atoms with E-state index in [9.17, 15) is 12.8 Å². The van der Waals surface area contributed by atoms with E-state index in [1.54, 1.807) is 25.1 Å². The third-order valence-electron chi connectivity index (χ3n) is 2.86. The SMILES string of the molecule is Cc1ccc(NS(=O)(=O)c2cc(F)ccc2C)cc1Br. The average Bonchev–Trinajstić information content (AvgIpc) is 2.36. The molecule has 0 saturated carbocycles. The van der Waals surface area contributed by atoms with E-state index < -0.39 is 15.8 Å². The van der Waals surface area contributed by atoms with Crippen LogP contribution in [0.2, 0.25) is 0 Å². The Hall–Kier alpha value is -1.40. The average molecular weight is 358 g/mol. The standard InChI is InChI=1S/C14H13BrFNO2S/c1-9-4-6-12(8-13(9)15)17-20(18,19)14-7-11(16)5-3-10(14)2/h3-8,17H,1-2H3. The van der Waals surface area contributed by atoms with Crippen LogP contribution < -0.4 is 4.72 Å². The van der Waals surface area contributed by atoms with Crippen molar-refractivity contribution in [1.82, 2.24) is 0 Å². The van der Waals surface area contributed by atoms with Gasteiger partial charge in [0, 0.05) is 10.2 Å². The van der Waals surface area contributed by atoms with Gasteiger partial charge in [0.05, 0.1) is 4.90 Å². The summed E-state index contributed by atoms with van der Waals surface area (Å²) < 4.78 is 41.0. The zero-order valence-electron chi connectivity index (χ0n) is 10.9. The van der Waals surface area contributed by atoms with Gasteiger partial charge in [-0.15, -0.1) is 0 Å². The Morgan fingerprint density at radius 2 is 1.70 bits per heavy atom. The highest BCUT2D eigenvalue weighted by Gasteiger charge is 2.18. The van der Waals surface area contributed by atoms with Crippen LogP contribution in [0.3, 0.4) is 0 Å². The lowest BCUT2D eigenvalue weighted by molar-refractivity contribution is 0.594. The topological polar surface area (TPSA) is 46.2 Å². The number of hydrogen-bond donors (Lipinski definition) is 1. The third kappa shape index (κ3) is 3.19. The molecule has 6 heteroatoms. The number of nitrogens with one attached hydrogen (secondary N) is 1. The van der Waals surface area contributed by atoms with Crippen molar-refractivity contribution in [2.24, 2.45) is 0 Å². The van der Waals surface area contributed by atoms with Crippen molar-refractivity contribution in [3.63, 3.8) is 0 Å². The molecule has 0 aliphatic carbocycles. The lowest BCUT2D eigenvalue weighted by Gasteiger charge is -2.11. The van der Waals surface area contributed by atoms with Gasteiger partial charge in [-0.25, -0.2) is 12.8 Å². The second-order valence-corrected chi connectivity index (χ2v) is 6.98. The van der Waals surface area contributed by atoms with Crippen molar-refractivity contribution >= 4 is 31.6 Å². The van der Waals surface area contributed by atoms with Crippen molar-refractivity contribution in [2.45, 2.75) is 18.7 Å². The van der Waals surface area contributed by atoms with E-state index in [2.05, 4.69) is 20.7 Å². The molecule has 1 N–H and O–H groups in total. The largest absolute Gasteiger partial charge is 0.280 e. The molecule has 0 saturated heterocycles. The molecule has 3 nitrogen and oxygen atoms in total. The van der Waals surface area contributed by atoms with Crippen LogP contribution in [0.4, 0.5) is 10.1 Å². The van der Waals surface area contributed by atoms with E-state index in [0.717, 1.165) is 16.1 Å². The second-order valence-electron chi connectivity index (χ2n) is 4.48. The van der Waals surface area contributed by atoms with Crippen LogP contribution in [0.25, 0.3) is 0 Å². The lowest BCUT2D eigenvalue weighted by atomic mass is 10.2. The molecule has 0 aliphatic rings. The predicted molar refractivity (Wildman–Crippen MR) is 80.8 cm³/mol. The summed E-state index contributed by atoms with van der Waals surface area (Å²) >= 11 is 3.34. The van der Waals surface area contributed by atoms with Crippen LogP contribution in [0.15, 0.2) is 45.8 Å². The first-order chi connectivity index (χ1) is 9.29. The highest BCUT2D eigenvalue weighted by Crippen LogP contribution is 2.24. The number of hydrogen-bond acceptors (Lipinski definition) is 2. The van der Waals surface area contributed by atoms with Gasteiger partial charge in [-0.05, 0) is 49.2 Å². The van der Waals surface area contributed by atoms with Crippen LogP contribution in [0.5, 0.6) is 0 Å². The van der Waals surface area contributed by atoms with E-state index in [1.165, 1.54) is 12.1 Å². The minimum atomic E-state index is -3.81. The van der Waals surface area contributed by atoms with E-state index in [-0.39, 0.29) is 4.90 Å². The summed E-state index contributed by atoms with van der Waals surface area (Å²) in [5.41, 5.74) is 1.91. The third-order valence-corrected chi connectivity index (χ3v) is 5.24. The second kappa shape index (κ2) is 5.54. The van der Waals surface area contributed by atoms with Crippen molar-refractivity contribution in [2.75, 3.05) is 4.72 Å². The highest BCUT2D eigenvalue weighted by atomic mass is 79.9. The summed E-state index contributed by atoms with van der Waals surface area (Å²) in [6, 6.07) is 8.81. The summed E-state index contributed by atoms with van der Waals surface area (Å²) in [6.07, 6.45) is 0. The maximum atomic E-state index is 13.2. The monoisotopic (exact) mass is 357 g/mol. The molecular formula is C14H13BrFNO2S. The van der Waals surface area contributed by atoms with Crippen LogP contribution in [0.1, 0.15) is 11.1 Å². The molecule has 0 atom stereocenters. The van der Waals surface area contributed by atoms with Crippen LogP contribution in [-0.4, -0.2) is 8.42 Å². The van der Waals surface area contributed by atoms with Gasteiger partial charge < -0.3 is 0 Å². The molecule has 0 unspecified atom stereocenters. The molecule has 0 fully saturated rings. The van der Waals surface area contributed by atoms with Crippen molar-refractivity contribution in [3.8, 4) is 0 Å². The van der Waals surface area contributed by atoms with Crippen LogP contribution >= 0.6 is 15.9 Å². The van der Waals surface area contributed by atoms with E-state index in [4.69, 9.17) is 0 Å². The number of anilines is 1. The summed E-state index contributed by atoms with van der Waals surface area (Å²) in [4.78, 5) is -0.0609. The Kier molecular flexibility index (Phi) is 4.15. The Morgan fingerprint density at radius 1 is 1.05 bits per heavy atom. The van der Waals surface area contributed by atoms with E-state index in [1.807, 2.05) is 6.92 Å². The molecule has 2 aromatic rings.